The Morgan fingerprint density at radius 2 is 1.78 bits per heavy atom. The Morgan fingerprint density at radius 1 is 1.04 bits per heavy atom. The average molecular weight is 378 g/mol. The third-order valence-electron chi connectivity index (χ3n) is 6.03. The van der Waals surface area contributed by atoms with E-state index in [1.54, 1.807) is 14.2 Å². The van der Waals surface area contributed by atoms with Gasteiger partial charge < -0.3 is 24.4 Å². The number of methoxy groups -OCH3 is 2. The summed E-state index contributed by atoms with van der Waals surface area (Å²) in [5, 5.41) is 9.89. The molecule has 1 aromatic rings. The Morgan fingerprint density at radius 3 is 2.44 bits per heavy atom. The number of likely N-dealkylation sites (N-methyl/N-ethyl adjacent to an activating group) is 1. The van der Waals surface area contributed by atoms with Gasteiger partial charge in [0.05, 0.1) is 13.7 Å². The molecule has 152 valence electrons. The molecule has 2 aliphatic rings. The zero-order valence-corrected chi connectivity index (χ0v) is 17.1. The van der Waals surface area contributed by atoms with E-state index in [1.807, 2.05) is 6.07 Å². The summed E-state index contributed by atoms with van der Waals surface area (Å²) in [6, 6.07) is 6.36. The number of benzene rings is 1. The molecule has 2 atom stereocenters. The molecule has 0 bridgehead atoms. The maximum atomic E-state index is 9.89. The van der Waals surface area contributed by atoms with E-state index in [0.717, 1.165) is 63.7 Å². The van der Waals surface area contributed by atoms with Crippen LogP contribution in [0.15, 0.2) is 18.2 Å². The first-order chi connectivity index (χ1) is 13.1. The Kier molecular flexibility index (Phi) is 7.49. The van der Waals surface area contributed by atoms with Gasteiger partial charge in [0.1, 0.15) is 5.75 Å². The second kappa shape index (κ2) is 9.85. The molecule has 0 radical (unpaired) electrons. The first kappa shape index (κ1) is 20.6. The van der Waals surface area contributed by atoms with Gasteiger partial charge in [-0.15, -0.1) is 0 Å². The monoisotopic (exact) mass is 377 g/mol. The van der Waals surface area contributed by atoms with Gasteiger partial charge >= 0.3 is 0 Å². The number of aliphatic hydroxyl groups excluding tert-OH is 1. The van der Waals surface area contributed by atoms with Crippen LogP contribution in [0.25, 0.3) is 0 Å². The Labute approximate surface area is 163 Å². The summed E-state index contributed by atoms with van der Waals surface area (Å²) >= 11 is 0. The minimum atomic E-state index is 0.284. The lowest BCUT2D eigenvalue weighted by Crippen LogP contribution is -2.47. The first-order valence-electron chi connectivity index (χ1n) is 10.0. The van der Waals surface area contributed by atoms with Crippen molar-refractivity contribution in [2.24, 2.45) is 11.8 Å². The molecule has 3 rings (SSSR count). The van der Waals surface area contributed by atoms with E-state index >= 15 is 0 Å². The lowest BCUT2D eigenvalue weighted by molar-refractivity contribution is 0.116. The predicted molar refractivity (Wildman–Crippen MR) is 107 cm³/mol. The third-order valence-corrected chi connectivity index (χ3v) is 6.03. The van der Waals surface area contributed by atoms with Gasteiger partial charge in [0, 0.05) is 71.6 Å². The molecule has 0 unspecified atom stereocenters. The highest BCUT2D eigenvalue weighted by molar-refractivity contribution is 5.37. The molecular weight excluding hydrogens is 342 g/mol. The summed E-state index contributed by atoms with van der Waals surface area (Å²) in [6.45, 7) is 9.47. The highest BCUT2D eigenvalue weighted by atomic mass is 16.5. The van der Waals surface area contributed by atoms with E-state index in [1.165, 1.54) is 5.56 Å². The van der Waals surface area contributed by atoms with E-state index in [0.29, 0.717) is 18.4 Å². The molecule has 6 heteroatoms. The molecule has 1 N–H and O–H groups in total. The number of nitrogens with zero attached hydrogens (tertiary/aromatic N) is 3. The van der Waals surface area contributed by atoms with Crippen LogP contribution in [0.3, 0.4) is 0 Å². The molecule has 0 aromatic heterocycles. The SMILES string of the molecule is COCc1cc(CN2C[C@@H](CN3CCN(C)CC3)[C@@H](CO)C2)ccc1OC. The van der Waals surface area contributed by atoms with Gasteiger partial charge in [-0.05, 0) is 36.6 Å². The van der Waals surface area contributed by atoms with E-state index in [-0.39, 0.29) is 6.61 Å². The maximum Gasteiger partial charge on any atom is 0.124 e. The molecule has 0 aliphatic carbocycles. The molecular formula is C21H35N3O3. The average Bonchev–Trinajstić information content (AvgIpc) is 3.05. The summed E-state index contributed by atoms with van der Waals surface area (Å²) < 4.78 is 10.7. The van der Waals surface area contributed by atoms with Crippen molar-refractivity contribution in [1.82, 2.24) is 14.7 Å². The molecule has 1 aromatic carbocycles. The number of ether oxygens (including phenoxy) is 2. The van der Waals surface area contributed by atoms with Crippen molar-refractivity contribution in [3.63, 3.8) is 0 Å². The zero-order valence-electron chi connectivity index (χ0n) is 17.1. The molecule has 0 amide bonds. The molecule has 2 saturated heterocycles. The summed E-state index contributed by atoms with van der Waals surface area (Å²) in [6.07, 6.45) is 0. The molecule has 0 saturated carbocycles. The summed E-state index contributed by atoms with van der Waals surface area (Å²) in [5.74, 6) is 1.81. The molecule has 2 aliphatic heterocycles. The van der Waals surface area contributed by atoms with Crippen LogP contribution >= 0.6 is 0 Å². The van der Waals surface area contributed by atoms with Crippen LogP contribution in [0.2, 0.25) is 0 Å². The fraction of sp³-hybridized carbons (Fsp3) is 0.714. The number of rotatable bonds is 8. The number of hydrogen-bond donors (Lipinski definition) is 1. The standard InChI is InChI=1S/C21H35N3O3/c1-22-6-8-23(9-7-22)12-19-13-24(14-20(19)15-25)11-17-4-5-21(27-3)18(10-17)16-26-2/h4-5,10,19-20,25H,6-9,11-16H2,1-3H3/t19-,20-/m1/s1. The zero-order chi connectivity index (χ0) is 19.2. The first-order valence-corrected chi connectivity index (χ1v) is 10.0. The van der Waals surface area contributed by atoms with Gasteiger partial charge in [-0.1, -0.05) is 6.07 Å². The van der Waals surface area contributed by atoms with Gasteiger partial charge in [0.15, 0.2) is 0 Å². The van der Waals surface area contributed by atoms with E-state index in [9.17, 15) is 5.11 Å². The van der Waals surface area contributed by atoms with Crippen LogP contribution in [0.1, 0.15) is 11.1 Å². The Hall–Kier alpha value is -1.18. The van der Waals surface area contributed by atoms with E-state index in [2.05, 4.69) is 33.9 Å². The van der Waals surface area contributed by atoms with Gasteiger partial charge in [-0.3, -0.25) is 4.90 Å². The van der Waals surface area contributed by atoms with Crippen molar-refractivity contribution in [2.75, 3.05) is 73.7 Å². The van der Waals surface area contributed by atoms with Crippen molar-refractivity contribution in [2.45, 2.75) is 13.2 Å². The fourth-order valence-corrected chi connectivity index (χ4v) is 4.40. The summed E-state index contributed by atoms with van der Waals surface area (Å²) in [5.41, 5.74) is 2.36. The van der Waals surface area contributed by atoms with Crippen LogP contribution in [0.4, 0.5) is 0 Å². The highest BCUT2D eigenvalue weighted by Crippen LogP contribution is 2.27. The summed E-state index contributed by atoms with van der Waals surface area (Å²) in [4.78, 5) is 7.45. The van der Waals surface area contributed by atoms with Crippen LogP contribution in [-0.4, -0.2) is 93.5 Å². The minimum Gasteiger partial charge on any atom is -0.496 e. The number of hydrogen-bond acceptors (Lipinski definition) is 6. The second-order valence-electron chi connectivity index (χ2n) is 8.08. The van der Waals surface area contributed by atoms with Gasteiger partial charge in [-0.2, -0.15) is 0 Å². The van der Waals surface area contributed by atoms with Gasteiger partial charge in [0.2, 0.25) is 0 Å². The van der Waals surface area contributed by atoms with Crippen molar-refractivity contribution < 1.29 is 14.6 Å². The molecule has 27 heavy (non-hydrogen) atoms. The third kappa shape index (κ3) is 5.42. The smallest absolute Gasteiger partial charge is 0.124 e. The lowest BCUT2D eigenvalue weighted by atomic mass is 9.96. The van der Waals surface area contributed by atoms with Crippen LogP contribution in [0, 0.1) is 11.8 Å². The van der Waals surface area contributed by atoms with Crippen molar-refractivity contribution in [1.29, 1.82) is 0 Å². The number of likely N-dealkylation sites (tertiary alicyclic amines) is 1. The van der Waals surface area contributed by atoms with Crippen molar-refractivity contribution in [3.05, 3.63) is 29.3 Å². The number of aliphatic hydroxyl groups is 1. The van der Waals surface area contributed by atoms with Crippen LogP contribution in [0.5, 0.6) is 5.75 Å². The minimum absolute atomic E-state index is 0.284. The van der Waals surface area contributed by atoms with E-state index in [4.69, 9.17) is 9.47 Å². The Bertz CT molecular complexity index is 590. The highest BCUT2D eigenvalue weighted by Gasteiger charge is 2.33. The molecule has 2 heterocycles. The van der Waals surface area contributed by atoms with Crippen LogP contribution < -0.4 is 4.74 Å². The maximum absolute atomic E-state index is 9.89. The predicted octanol–water partition coefficient (Wildman–Crippen LogP) is 1.13. The molecule has 0 spiro atoms. The van der Waals surface area contributed by atoms with Gasteiger partial charge in [-0.25, -0.2) is 0 Å². The molecule has 2 fully saturated rings. The van der Waals surface area contributed by atoms with Crippen LogP contribution in [-0.2, 0) is 17.9 Å². The van der Waals surface area contributed by atoms with Crippen molar-refractivity contribution in [3.8, 4) is 5.75 Å². The normalized spacial score (nSPS) is 25.2. The van der Waals surface area contributed by atoms with E-state index < -0.39 is 0 Å². The Balaban J connectivity index is 1.59. The largest absolute Gasteiger partial charge is 0.496 e. The fourth-order valence-electron chi connectivity index (χ4n) is 4.40. The van der Waals surface area contributed by atoms with Gasteiger partial charge in [0.25, 0.3) is 0 Å². The quantitative estimate of drug-likeness (QED) is 0.733. The topological polar surface area (TPSA) is 48.4 Å². The summed E-state index contributed by atoms with van der Waals surface area (Å²) in [7, 11) is 5.60. The second-order valence-corrected chi connectivity index (χ2v) is 8.08. The van der Waals surface area contributed by atoms with Crippen molar-refractivity contribution >= 4 is 0 Å². The lowest BCUT2D eigenvalue weighted by Gasteiger charge is -2.34. The molecule has 6 nitrogen and oxygen atoms in total. The number of piperazine rings is 1.